The minimum atomic E-state index is -0.820. The maximum absolute atomic E-state index is 12.2. The monoisotopic (exact) mass is 246 g/mol. The summed E-state index contributed by atoms with van der Waals surface area (Å²) >= 11 is 0. The number of furan rings is 1. The molecule has 0 aliphatic heterocycles. The minimum absolute atomic E-state index is 0.154. The van der Waals surface area contributed by atoms with Crippen LogP contribution >= 0.6 is 0 Å². The van der Waals surface area contributed by atoms with Gasteiger partial charge < -0.3 is 9.73 Å². The quantitative estimate of drug-likeness (QED) is 0.891. The van der Waals surface area contributed by atoms with Crippen LogP contribution in [0.1, 0.15) is 43.6 Å². The third kappa shape index (κ3) is 2.56. The first-order valence-electron chi connectivity index (χ1n) is 6.41. The van der Waals surface area contributed by atoms with E-state index in [0.717, 1.165) is 30.8 Å². The molecule has 1 saturated carbocycles. The second-order valence-electron chi connectivity index (χ2n) is 4.95. The number of amides is 1. The van der Waals surface area contributed by atoms with Gasteiger partial charge in [0.15, 0.2) is 0 Å². The Morgan fingerprint density at radius 3 is 2.72 bits per heavy atom. The largest absolute Gasteiger partial charge is 0.465 e. The molecule has 1 aliphatic rings. The van der Waals surface area contributed by atoms with Crippen molar-refractivity contribution in [3.63, 3.8) is 0 Å². The van der Waals surface area contributed by atoms with Crippen LogP contribution in [0.15, 0.2) is 16.5 Å². The number of carbonyl (C=O) groups excluding carboxylic acids is 1. The van der Waals surface area contributed by atoms with Crippen LogP contribution in [-0.2, 0) is 11.3 Å². The fraction of sp³-hybridized carbons (Fsp3) is 0.571. The Bertz CT molecular complexity index is 464. The molecule has 0 saturated heterocycles. The van der Waals surface area contributed by atoms with E-state index in [-0.39, 0.29) is 5.91 Å². The number of rotatable bonds is 3. The molecule has 0 aromatic carbocycles. The molecular weight excluding hydrogens is 228 g/mol. The molecule has 18 heavy (non-hydrogen) atoms. The summed E-state index contributed by atoms with van der Waals surface area (Å²) in [6.07, 6.45) is 4.38. The van der Waals surface area contributed by atoms with Gasteiger partial charge in [0.25, 0.3) is 0 Å². The van der Waals surface area contributed by atoms with Crippen LogP contribution in [-0.4, -0.2) is 5.91 Å². The van der Waals surface area contributed by atoms with Crippen molar-refractivity contribution in [2.24, 2.45) is 5.41 Å². The van der Waals surface area contributed by atoms with Gasteiger partial charge in [0.1, 0.15) is 16.9 Å². The van der Waals surface area contributed by atoms with E-state index in [1.54, 1.807) is 0 Å². The molecule has 1 heterocycles. The molecule has 1 aliphatic carbocycles. The standard InChI is InChI=1S/C14H18N2O2/c1-11-5-6-12(18-11)9-16-13(17)14(10-15)7-3-2-4-8-14/h5-6H,2-4,7-9H2,1H3,(H,16,17). The summed E-state index contributed by atoms with van der Waals surface area (Å²) in [5, 5.41) is 12.1. The van der Waals surface area contributed by atoms with Gasteiger partial charge in [0, 0.05) is 0 Å². The lowest BCUT2D eigenvalue weighted by atomic mass is 9.74. The van der Waals surface area contributed by atoms with Crippen LogP contribution in [0.3, 0.4) is 0 Å². The lowest BCUT2D eigenvalue weighted by Crippen LogP contribution is -2.41. The van der Waals surface area contributed by atoms with Gasteiger partial charge in [-0.05, 0) is 31.9 Å². The Hall–Kier alpha value is -1.76. The van der Waals surface area contributed by atoms with Crippen LogP contribution in [0.2, 0.25) is 0 Å². The molecule has 2 rings (SSSR count). The van der Waals surface area contributed by atoms with Crippen LogP contribution in [0, 0.1) is 23.7 Å². The highest BCUT2D eigenvalue weighted by molar-refractivity contribution is 5.85. The highest BCUT2D eigenvalue weighted by Crippen LogP contribution is 2.35. The summed E-state index contributed by atoms with van der Waals surface area (Å²) in [5.41, 5.74) is -0.820. The molecule has 0 unspecified atom stereocenters. The number of hydrogen-bond acceptors (Lipinski definition) is 3. The Balaban J connectivity index is 1.96. The van der Waals surface area contributed by atoms with E-state index >= 15 is 0 Å². The molecule has 0 atom stereocenters. The van der Waals surface area contributed by atoms with Crippen LogP contribution < -0.4 is 5.32 Å². The first-order chi connectivity index (χ1) is 8.66. The zero-order chi connectivity index (χ0) is 13.0. The van der Waals surface area contributed by atoms with Crippen molar-refractivity contribution in [2.75, 3.05) is 0 Å². The van der Waals surface area contributed by atoms with Gasteiger partial charge in [0.05, 0.1) is 12.6 Å². The second kappa shape index (κ2) is 5.26. The Kier molecular flexibility index (Phi) is 3.71. The van der Waals surface area contributed by atoms with E-state index in [9.17, 15) is 10.1 Å². The third-order valence-electron chi connectivity index (χ3n) is 3.57. The van der Waals surface area contributed by atoms with E-state index < -0.39 is 5.41 Å². The second-order valence-corrected chi connectivity index (χ2v) is 4.95. The molecule has 0 bridgehead atoms. The summed E-state index contributed by atoms with van der Waals surface area (Å²) in [4.78, 5) is 12.2. The highest BCUT2D eigenvalue weighted by atomic mass is 16.3. The maximum Gasteiger partial charge on any atom is 0.240 e. The summed E-state index contributed by atoms with van der Waals surface area (Å²) in [7, 11) is 0. The summed E-state index contributed by atoms with van der Waals surface area (Å²) < 4.78 is 5.39. The Morgan fingerprint density at radius 1 is 1.44 bits per heavy atom. The van der Waals surface area contributed by atoms with Crippen molar-refractivity contribution in [3.05, 3.63) is 23.7 Å². The van der Waals surface area contributed by atoms with Gasteiger partial charge in [-0.15, -0.1) is 0 Å². The van der Waals surface area contributed by atoms with Gasteiger partial charge in [-0.2, -0.15) is 5.26 Å². The van der Waals surface area contributed by atoms with Gasteiger partial charge >= 0.3 is 0 Å². The molecule has 1 aromatic rings. The lowest BCUT2D eigenvalue weighted by molar-refractivity contribution is -0.129. The average Bonchev–Trinajstić information content (AvgIpc) is 2.82. The fourth-order valence-electron chi connectivity index (χ4n) is 2.46. The van der Waals surface area contributed by atoms with Gasteiger partial charge in [-0.3, -0.25) is 4.79 Å². The smallest absolute Gasteiger partial charge is 0.240 e. The molecule has 4 heteroatoms. The summed E-state index contributed by atoms with van der Waals surface area (Å²) in [6, 6.07) is 5.92. The predicted molar refractivity (Wildman–Crippen MR) is 66.4 cm³/mol. The number of nitriles is 1. The van der Waals surface area contributed by atoms with E-state index in [1.165, 1.54) is 0 Å². The van der Waals surface area contributed by atoms with E-state index in [4.69, 9.17) is 4.42 Å². The van der Waals surface area contributed by atoms with Crippen LogP contribution in [0.4, 0.5) is 0 Å². The van der Waals surface area contributed by atoms with Gasteiger partial charge in [-0.1, -0.05) is 19.3 Å². The van der Waals surface area contributed by atoms with Crippen molar-refractivity contribution < 1.29 is 9.21 Å². The first kappa shape index (κ1) is 12.7. The van der Waals surface area contributed by atoms with Crippen molar-refractivity contribution in [3.8, 4) is 6.07 Å². The van der Waals surface area contributed by atoms with E-state index in [0.29, 0.717) is 19.4 Å². The number of aryl methyl sites for hydroxylation is 1. The zero-order valence-corrected chi connectivity index (χ0v) is 10.7. The van der Waals surface area contributed by atoms with Crippen LogP contribution in [0.25, 0.3) is 0 Å². The highest BCUT2D eigenvalue weighted by Gasteiger charge is 2.39. The minimum Gasteiger partial charge on any atom is -0.465 e. The molecule has 4 nitrogen and oxygen atoms in total. The SMILES string of the molecule is Cc1ccc(CNC(=O)C2(C#N)CCCCC2)o1. The number of hydrogen-bond donors (Lipinski definition) is 1. The molecule has 0 radical (unpaired) electrons. The predicted octanol–water partition coefficient (Wildman–Crippen LogP) is 2.68. The van der Waals surface area contributed by atoms with E-state index in [2.05, 4.69) is 11.4 Å². The number of nitrogens with zero attached hydrogens (tertiary/aromatic N) is 1. The van der Waals surface area contributed by atoms with E-state index in [1.807, 2.05) is 19.1 Å². The molecule has 1 N–H and O–H groups in total. The topological polar surface area (TPSA) is 66.0 Å². The van der Waals surface area contributed by atoms with Crippen molar-refractivity contribution in [2.45, 2.75) is 45.6 Å². The molecule has 1 fully saturated rings. The number of nitrogens with one attached hydrogen (secondary N) is 1. The normalized spacial score (nSPS) is 18.0. The molecule has 1 aromatic heterocycles. The zero-order valence-electron chi connectivity index (χ0n) is 10.7. The molecule has 96 valence electrons. The molecular formula is C14H18N2O2. The van der Waals surface area contributed by atoms with Crippen molar-refractivity contribution >= 4 is 5.91 Å². The third-order valence-corrected chi connectivity index (χ3v) is 3.57. The van der Waals surface area contributed by atoms with Gasteiger partial charge in [-0.25, -0.2) is 0 Å². The lowest BCUT2D eigenvalue weighted by Gasteiger charge is -2.28. The van der Waals surface area contributed by atoms with Crippen LogP contribution in [0.5, 0.6) is 0 Å². The van der Waals surface area contributed by atoms with Crippen molar-refractivity contribution in [1.82, 2.24) is 5.32 Å². The summed E-state index contributed by atoms with van der Waals surface area (Å²) in [6.45, 7) is 2.22. The number of carbonyl (C=O) groups is 1. The summed E-state index contributed by atoms with van der Waals surface area (Å²) in [5.74, 6) is 1.40. The average molecular weight is 246 g/mol. The molecule has 0 spiro atoms. The molecule has 1 amide bonds. The Morgan fingerprint density at radius 2 is 2.17 bits per heavy atom. The Labute approximate surface area is 107 Å². The maximum atomic E-state index is 12.2. The fourth-order valence-corrected chi connectivity index (χ4v) is 2.46. The first-order valence-corrected chi connectivity index (χ1v) is 6.41. The van der Waals surface area contributed by atoms with Crippen molar-refractivity contribution in [1.29, 1.82) is 5.26 Å². The van der Waals surface area contributed by atoms with Gasteiger partial charge in [0.2, 0.25) is 5.91 Å².